The van der Waals surface area contributed by atoms with Crippen LogP contribution in [-0.4, -0.2) is 22.5 Å². The third kappa shape index (κ3) is 4.89. The Hall–Kier alpha value is -2.25. The van der Waals surface area contributed by atoms with Crippen LogP contribution in [0, 0.1) is 13.8 Å². The van der Waals surface area contributed by atoms with Gasteiger partial charge in [0.05, 0.1) is 24.5 Å². The highest BCUT2D eigenvalue weighted by atomic mass is 32.1. The number of benzene rings is 1. The van der Waals surface area contributed by atoms with E-state index in [1.54, 1.807) is 22.7 Å². The van der Waals surface area contributed by atoms with E-state index in [2.05, 4.69) is 52.0 Å². The van der Waals surface area contributed by atoms with Crippen molar-refractivity contribution in [2.45, 2.75) is 33.9 Å². The zero-order valence-electron chi connectivity index (χ0n) is 15.2. The minimum atomic E-state index is 0.585. The smallest absolute Gasteiger partial charge is 0.192 e. The summed E-state index contributed by atoms with van der Waals surface area (Å²) >= 11 is 3.36. The van der Waals surface area contributed by atoms with Gasteiger partial charge in [0.25, 0.3) is 0 Å². The monoisotopic (exact) mass is 385 g/mol. The highest BCUT2D eigenvalue weighted by Gasteiger charge is 2.06. The summed E-state index contributed by atoms with van der Waals surface area (Å²) < 4.78 is 0. The van der Waals surface area contributed by atoms with Crippen molar-refractivity contribution in [2.75, 3.05) is 6.54 Å². The number of guanidine groups is 1. The second-order valence-corrected chi connectivity index (χ2v) is 8.02. The van der Waals surface area contributed by atoms with Crippen LogP contribution in [0.5, 0.6) is 0 Å². The van der Waals surface area contributed by atoms with Crippen molar-refractivity contribution in [1.29, 1.82) is 0 Å². The molecule has 5 nitrogen and oxygen atoms in total. The van der Waals surface area contributed by atoms with E-state index in [1.165, 1.54) is 4.88 Å². The Kier molecular flexibility index (Phi) is 6.35. The van der Waals surface area contributed by atoms with Crippen molar-refractivity contribution in [3.05, 3.63) is 56.3 Å². The molecular formula is C19H23N5S2. The molecule has 0 saturated heterocycles. The number of nitrogens with one attached hydrogen (secondary N) is 2. The predicted molar refractivity (Wildman–Crippen MR) is 111 cm³/mol. The molecule has 0 aliphatic rings. The third-order valence-electron chi connectivity index (χ3n) is 3.82. The highest BCUT2D eigenvalue weighted by Crippen LogP contribution is 2.21. The average Bonchev–Trinajstić information content (AvgIpc) is 3.25. The van der Waals surface area contributed by atoms with Gasteiger partial charge < -0.3 is 10.6 Å². The number of nitrogens with zero attached hydrogens (tertiary/aromatic N) is 3. The van der Waals surface area contributed by atoms with Crippen LogP contribution >= 0.6 is 22.7 Å². The fourth-order valence-electron chi connectivity index (χ4n) is 2.39. The molecule has 2 heterocycles. The number of rotatable bonds is 6. The van der Waals surface area contributed by atoms with Gasteiger partial charge in [0.2, 0.25) is 0 Å². The van der Waals surface area contributed by atoms with Crippen molar-refractivity contribution >= 4 is 28.6 Å². The number of hydrogen-bond acceptors (Lipinski definition) is 5. The maximum atomic E-state index is 4.71. The molecule has 0 unspecified atom stereocenters. The normalized spacial score (nSPS) is 11.6. The molecular weight excluding hydrogens is 362 g/mol. The first kappa shape index (κ1) is 18.5. The van der Waals surface area contributed by atoms with Gasteiger partial charge in [-0.3, -0.25) is 0 Å². The number of aryl methyl sites for hydroxylation is 2. The Morgan fingerprint density at radius 3 is 2.58 bits per heavy atom. The summed E-state index contributed by atoms with van der Waals surface area (Å²) in [7, 11) is 0. The van der Waals surface area contributed by atoms with Gasteiger partial charge in [-0.15, -0.1) is 22.7 Å². The van der Waals surface area contributed by atoms with Gasteiger partial charge in [0.1, 0.15) is 10.0 Å². The molecule has 0 fully saturated rings. The van der Waals surface area contributed by atoms with E-state index in [0.717, 1.165) is 39.5 Å². The third-order valence-corrected chi connectivity index (χ3v) is 5.72. The maximum Gasteiger partial charge on any atom is 0.192 e. The molecule has 2 aromatic heterocycles. The van der Waals surface area contributed by atoms with Crippen LogP contribution in [0.15, 0.2) is 40.7 Å². The van der Waals surface area contributed by atoms with Crippen LogP contribution in [0.3, 0.4) is 0 Å². The summed E-state index contributed by atoms with van der Waals surface area (Å²) in [6.45, 7) is 8.24. The summed E-state index contributed by atoms with van der Waals surface area (Å²) in [6.07, 6.45) is 0. The first-order valence-electron chi connectivity index (χ1n) is 8.60. The fraction of sp³-hybridized carbons (Fsp3) is 0.316. The summed E-state index contributed by atoms with van der Waals surface area (Å²) in [4.78, 5) is 15.1. The van der Waals surface area contributed by atoms with E-state index < -0.39 is 0 Å². The zero-order valence-corrected chi connectivity index (χ0v) is 16.9. The summed E-state index contributed by atoms with van der Waals surface area (Å²) in [6, 6.07) is 10.2. The van der Waals surface area contributed by atoms with Gasteiger partial charge in [-0.05, 0) is 20.8 Å². The minimum Gasteiger partial charge on any atom is -0.357 e. The van der Waals surface area contributed by atoms with Crippen LogP contribution in [0.25, 0.3) is 11.3 Å². The second kappa shape index (κ2) is 8.91. The number of thiazole rings is 2. The van der Waals surface area contributed by atoms with Gasteiger partial charge in [-0.25, -0.2) is 15.0 Å². The number of aromatic nitrogens is 2. The molecule has 7 heteroatoms. The van der Waals surface area contributed by atoms with Crippen molar-refractivity contribution in [3.63, 3.8) is 0 Å². The van der Waals surface area contributed by atoms with E-state index in [-0.39, 0.29) is 0 Å². The van der Waals surface area contributed by atoms with E-state index in [4.69, 9.17) is 4.98 Å². The van der Waals surface area contributed by atoms with Crippen molar-refractivity contribution in [3.8, 4) is 11.3 Å². The molecule has 0 aliphatic carbocycles. The first-order chi connectivity index (χ1) is 12.7. The van der Waals surface area contributed by atoms with Crippen LogP contribution < -0.4 is 10.6 Å². The predicted octanol–water partition coefficient (Wildman–Crippen LogP) is 4.14. The second-order valence-electron chi connectivity index (χ2n) is 5.79. The van der Waals surface area contributed by atoms with E-state index in [9.17, 15) is 0 Å². The average molecular weight is 386 g/mol. The molecule has 0 atom stereocenters. The van der Waals surface area contributed by atoms with Gasteiger partial charge in [-0.1, -0.05) is 30.3 Å². The van der Waals surface area contributed by atoms with E-state index >= 15 is 0 Å². The van der Waals surface area contributed by atoms with Gasteiger partial charge >= 0.3 is 0 Å². The van der Waals surface area contributed by atoms with E-state index in [1.807, 2.05) is 25.1 Å². The van der Waals surface area contributed by atoms with Crippen molar-refractivity contribution in [2.24, 2.45) is 4.99 Å². The topological polar surface area (TPSA) is 62.2 Å². The summed E-state index contributed by atoms with van der Waals surface area (Å²) in [5, 5.41) is 10.8. The van der Waals surface area contributed by atoms with Gasteiger partial charge in [0.15, 0.2) is 5.96 Å². The zero-order chi connectivity index (χ0) is 18.4. The standard InChI is InChI=1S/C19H23N5S2/c1-4-20-19(22-11-18-23-13(2)14(3)26-18)21-10-17-24-16(12-25-17)15-8-6-5-7-9-15/h5-9,12H,4,10-11H2,1-3H3,(H2,20,21,22). The first-order valence-corrected chi connectivity index (χ1v) is 10.3. The molecule has 136 valence electrons. The summed E-state index contributed by atoms with van der Waals surface area (Å²) in [5.74, 6) is 0.787. The van der Waals surface area contributed by atoms with Crippen LogP contribution in [-0.2, 0) is 13.1 Å². The fourth-order valence-corrected chi connectivity index (χ4v) is 3.99. The minimum absolute atomic E-state index is 0.585. The van der Waals surface area contributed by atoms with Crippen LogP contribution in [0.4, 0.5) is 0 Å². The largest absolute Gasteiger partial charge is 0.357 e. The lowest BCUT2D eigenvalue weighted by Gasteiger charge is -2.09. The molecule has 0 amide bonds. The summed E-state index contributed by atoms with van der Waals surface area (Å²) in [5.41, 5.74) is 3.25. The quantitative estimate of drug-likeness (QED) is 0.494. The van der Waals surface area contributed by atoms with Crippen molar-refractivity contribution < 1.29 is 0 Å². The SMILES string of the molecule is CCNC(=NCc1nc(C)c(C)s1)NCc1nc(-c2ccccc2)cs1. The van der Waals surface area contributed by atoms with Crippen LogP contribution in [0.1, 0.15) is 27.5 Å². The Balaban J connectivity index is 1.61. The van der Waals surface area contributed by atoms with Crippen LogP contribution in [0.2, 0.25) is 0 Å². The molecule has 3 rings (SSSR count). The highest BCUT2D eigenvalue weighted by molar-refractivity contribution is 7.11. The molecule has 0 radical (unpaired) electrons. The lowest BCUT2D eigenvalue weighted by Crippen LogP contribution is -2.36. The Bertz CT molecular complexity index is 848. The lowest BCUT2D eigenvalue weighted by atomic mass is 10.2. The van der Waals surface area contributed by atoms with Gasteiger partial charge in [-0.2, -0.15) is 0 Å². The molecule has 26 heavy (non-hydrogen) atoms. The molecule has 0 saturated carbocycles. The van der Waals surface area contributed by atoms with E-state index in [0.29, 0.717) is 13.1 Å². The molecule has 0 aliphatic heterocycles. The molecule has 0 bridgehead atoms. The van der Waals surface area contributed by atoms with Gasteiger partial charge in [0, 0.05) is 22.4 Å². The Labute approximate surface area is 162 Å². The molecule has 1 aromatic carbocycles. The number of hydrogen-bond donors (Lipinski definition) is 2. The lowest BCUT2D eigenvalue weighted by molar-refractivity contribution is 0.810. The molecule has 0 spiro atoms. The number of aliphatic imine (C=N–C) groups is 1. The Morgan fingerprint density at radius 1 is 1.08 bits per heavy atom. The molecule has 2 N–H and O–H groups in total. The molecule has 3 aromatic rings. The van der Waals surface area contributed by atoms with Crippen molar-refractivity contribution in [1.82, 2.24) is 20.6 Å². The Morgan fingerprint density at radius 2 is 1.88 bits per heavy atom. The maximum absolute atomic E-state index is 4.71.